The van der Waals surface area contributed by atoms with Crippen molar-refractivity contribution in [1.82, 2.24) is 4.90 Å². The number of nitrogens with zero attached hydrogens (tertiary/aromatic N) is 1. The van der Waals surface area contributed by atoms with Crippen LogP contribution in [-0.4, -0.2) is 28.6 Å². The maximum Gasteiger partial charge on any atom is 0.192 e. The molecule has 1 heterocycles. The third kappa shape index (κ3) is 1.94. The highest BCUT2D eigenvalue weighted by Crippen LogP contribution is 2.42. The van der Waals surface area contributed by atoms with E-state index in [1.807, 2.05) is 60.4 Å². The van der Waals surface area contributed by atoms with Crippen LogP contribution in [0, 0.1) is 0 Å². The van der Waals surface area contributed by atoms with Crippen LogP contribution in [0.15, 0.2) is 48.5 Å². The normalized spacial score (nSPS) is 20.5. The molecule has 0 amide bonds. The highest BCUT2D eigenvalue weighted by molar-refractivity contribution is 7.80. The Bertz CT molecular complexity index is 683. The van der Waals surface area contributed by atoms with Gasteiger partial charge in [0.25, 0.3) is 0 Å². The molecule has 1 atom stereocenters. The third-order valence-corrected chi connectivity index (χ3v) is 4.42. The molecule has 0 saturated carbocycles. The van der Waals surface area contributed by atoms with Gasteiger partial charge >= 0.3 is 0 Å². The summed E-state index contributed by atoms with van der Waals surface area (Å²) in [5.74, 6) is 0.763. The number of methoxy groups -OCH3 is 1. The van der Waals surface area contributed by atoms with Crippen LogP contribution in [0.1, 0.15) is 23.6 Å². The summed E-state index contributed by atoms with van der Waals surface area (Å²) in [5, 5.41) is 11.4. The molecule has 0 bridgehead atoms. The average molecular weight is 299 g/mol. The van der Waals surface area contributed by atoms with Gasteiger partial charge < -0.3 is 14.7 Å². The standard InChI is InChI=1S/C17H17NO2S/c1-3-18-16(21)14-6-4-5-7-15(14)17(18,19)12-8-10-13(20-2)11-9-12/h4-11,19H,3H2,1-2H3. The fraction of sp³-hybridized carbons (Fsp3) is 0.235. The molecule has 2 aromatic rings. The second-order valence-corrected chi connectivity index (χ2v) is 5.38. The number of benzene rings is 2. The zero-order valence-electron chi connectivity index (χ0n) is 12.0. The number of thiocarbonyl (C=S) groups is 1. The van der Waals surface area contributed by atoms with Gasteiger partial charge in [0, 0.05) is 23.2 Å². The van der Waals surface area contributed by atoms with Gasteiger partial charge in [-0.15, -0.1) is 0 Å². The second-order valence-electron chi connectivity index (χ2n) is 5.00. The van der Waals surface area contributed by atoms with Gasteiger partial charge in [0.05, 0.1) is 7.11 Å². The summed E-state index contributed by atoms with van der Waals surface area (Å²) in [4.78, 5) is 2.54. The molecule has 21 heavy (non-hydrogen) atoms. The summed E-state index contributed by atoms with van der Waals surface area (Å²) in [6.07, 6.45) is 0. The molecular formula is C17H17NO2S. The van der Waals surface area contributed by atoms with Crippen molar-refractivity contribution in [2.75, 3.05) is 13.7 Å². The Morgan fingerprint density at radius 3 is 2.43 bits per heavy atom. The first-order chi connectivity index (χ1) is 10.1. The molecule has 2 aromatic carbocycles. The Kier molecular flexibility index (Phi) is 3.43. The average Bonchev–Trinajstić information content (AvgIpc) is 2.76. The maximum atomic E-state index is 11.4. The first-order valence-corrected chi connectivity index (χ1v) is 7.32. The lowest BCUT2D eigenvalue weighted by atomic mass is 9.94. The van der Waals surface area contributed by atoms with Gasteiger partial charge in [0.1, 0.15) is 10.7 Å². The molecule has 108 valence electrons. The molecule has 3 nitrogen and oxygen atoms in total. The van der Waals surface area contributed by atoms with Crippen LogP contribution in [0.5, 0.6) is 5.75 Å². The van der Waals surface area contributed by atoms with Crippen molar-refractivity contribution in [2.45, 2.75) is 12.6 Å². The van der Waals surface area contributed by atoms with Crippen LogP contribution in [0.2, 0.25) is 0 Å². The van der Waals surface area contributed by atoms with Crippen molar-refractivity contribution in [3.8, 4) is 5.75 Å². The summed E-state index contributed by atoms with van der Waals surface area (Å²) >= 11 is 5.53. The first-order valence-electron chi connectivity index (χ1n) is 6.91. The number of rotatable bonds is 3. The van der Waals surface area contributed by atoms with Gasteiger partial charge in [-0.2, -0.15) is 0 Å². The van der Waals surface area contributed by atoms with E-state index in [4.69, 9.17) is 17.0 Å². The van der Waals surface area contributed by atoms with Crippen LogP contribution < -0.4 is 4.74 Å². The summed E-state index contributed by atoms with van der Waals surface area (Å²) in [6, 6.07) is 15.2. The number of hydrogen-bond acceptors (Lipinski definition) is 3. The fourth-order valence-corrected chi connectivity index (χ4v) is 3.36. The lowest BCUT2D eigenvalue weighted by Gasteiger charge is -2.35. The summed E-state index contributed by atoms with van der Waals surface area (Å²) in [6.45, 7) is 2.63. The minimum Gasteiger partial charge on any atom is -0.497 e. The van der Waals surface area contributed by atoms with E-state index in [1.165, 1.54) is 0 Å². The Morgan fingerprint density at radius 1 is 1.14 bits per heavy atom. The van der Waals surface area contributed by atoms with E-state index in [1.54, 1.807) is 7.11 Å². The van der Waals surface area contributed by atoms with Gasteiger partial charge in [0.15, 0.2) is 5.72 Å². The smallest absolute Gasteiger partial charge is 0.192 e. The van der Waals surface area contributed by atoms with Crippen LogP contribution in [0.25, 0.3) is 0 Å². The maximum absolute atomic E-state index is 11.4. The highest BCUT2D eigenvalue weighted by Gasteiger charge is 2.46. The van der Waals surface area contributed by atoms with E-state index < -0.39 is 5.72 Å². The minimum absolute atomic E-state index is 0.635. The molecule has 1 N–H and O–H groups in total. The van der Waals surface area contributed by atoms with Crippen molar-refractivity contribution >= 4 is 17.2 Å². The molecule has 0 aromatic heterocycles. The van der Waals surface area contributed by atoms with Crippen LogP contribution in [0.3, 0.4) is 0 Å². The Labute approximate surface area is 129 Å². The van der Waals surface area contributed by atoms with E-state index >= 15 is 0 Å². The highest BCUT2D eigenvalue weighted by atomic mass is 32.1. The zero-order chi connectivity index (χ0) is 15.0. The van der Waals surface area contributed by atoms with Crippen molar-refractivity contribution in [1.29, 1.82) is 0 Å². The van der Waals surface area contributed by atoms with E-state index in [2.05, 4.69) is 0 Å². The third-order valence-electron chi connectivity index (χ3n) is 3.98. The Hall–Kier alpha value is -1.91. The Morgan fingerprint density at radius 2 is 1.81 bits per heavy atom. The predicted octanol–water partition coefficient (Wildman–Crippen LogP) is 2.90. The van der Waals surface area contributed by atoms with E-state index in [9.17, 15) is 5.11 Å². The van der Waals surface area contributed by atoms with E-state index in [0.717, 1.165) is 22.4 Å². The monoisotopic (exact) mass is 299 g/mol. The molecule has 3 rings (SSSR count). The molecule has 1 aliphatic heterocycles. The molecule has 0 fully saturated rings. The molecule has 1 unspecified atom stereocenters. The lowest BCUT2D eigenvalue weighted by molar-refractivity contribution is -0.0258. The van der Waals surface area contributed by atoms with Crippen LogP contribution in [-0.2, 0) is 5.72 Å². The van der Waals surface area contributed by atoms with Crippen molar-refractivity contribution in [2.24, 2.45) is 0 Å². The topological polar surface area (TPSA) is 32.7 Å². The number of aliphatic hydroxyl groups is 1. The molecule has 0 aliphatic carbocycles. The predicted molar refractivity (Wildman–Crippen MR) is 86.5 cm³/mol. The van der Waals surface area contributed by atoms with E-state index in [0.29, 0.717) is 11.5 Å². The number of hydrogen-bond donors (Lipinski definition) is 1. The van der Waals surface area contributed by atoms with Gasteiger partial charge in [-0.05, 0) is 19.1 Å². The molecule has 1 aliphatic rings. The zero-order valence-corrected chi connectivity index (χ0v) is 12.9. The SMILES string of the molecule is CCN1C(=S)c2ccccc2C1(O)c1ccc(OC)cc1. The van der Waals surface area contributed by atoms with Gasteiger partial charge in [-0.1, -0.05) is 48.6 Å². The fourth-order valence-electron chi connectivity index (χ4n) is 2.92. The van der Waals surface area contributed by atoms with Crippen molar-refractivity contribution in [3.63, 3.8) is 0 Å². The number of ether oxygens (including phenoxy) is 1. The Balaban J connectivity index is 2.18. The van der Waals surface area contributed by atoms with Gasteiger partial charge in [0.2, 0.25) is 0 Å². The summed E-state index contributed by atoms with van der Waals surface area (Å²) < 4.78 is 5.19. The van der Waals surface area contributed by atoms with Crippen LogP contribution >= 0.6 is 12.2 Å². The number of fused-ring (bicyclic) bond motifs is 1. The quantitative estimate of drug-likeness (QED) is 0.883. The minimum atomic E-state index is -1.21. The molecule has 0 saturated heterocycles. The van der Waals surface area contributed by atoms with Crippen molar-refractivity contribution in [3.05, 3.63) is 65.2 Å². The largest absolute Gasteiger partial charge is 0.497 e. The molecule has 0 spiro atoms. The van der Waals surface area contributed by atoms with Gasteiger partial charge in [-0.3, -0.25) is 0 Å². The van der Waals surface area contributed by atoms with E-state index in [-0.39, 0.29) is 0 Å². The van der Waals surface area contributed by atoms with Crippen LogP contribution in [0.4, 0.5) is 0 Å². The summed E-state index contributed by atoms with van der Waals surface area (Å²) in [7, 11) is 1.63. The first kappa shape index (κ1) is 14.0. The molecule has 0 radical (unpaired) electrons. The molecule has 4 heteroatoms. The lowest BCUT2D eigenvalue weighted by Crippen LogP contribution is -2.44. The second kappa shape index (κ2) is 5.13. The van der Waals surface area contributed by atoms with Crippen molar-refractivity contribution < 1.29 is 9.84 Å². The summed E-state index contributed by atoms with van der Waals surface area (Å²) in [5.41, 5.74) is 1.33. The molecular weight excluding hydrogens is 282 g/mol. The van der Waals surface area contributed by atoms with Gasteiger partial charge in [-0.25, -0.2) is 0 Å².